The highest BCUT2D eigenvalue weighted by Gasteiger charge is 2.63. The molecule has 0 aromatic heterocycles. The fourth-order valence-electron chi connectivity index (χ4n) is 11.4. The highest BCUT2D eigenvalue weighted by Crippen LogP contribution is 2.55. The average Bonchev–Trinajstić information content (AvgIpc) is 3.15. The molecule has 308 valence electrons. The number of rotatable bonds is 13. The Morgan fingerprint density at radius 1 is 1.13 bits per heavy atom. The standard InChI is InChI=1S/C41H71N5O8/c1-4-25(11-14-44-3)40(51)53-32-20-30-37(50)36-31(49)19-28(22-47)52-39(36)35(38(30)54-41(32,2)13-10-23-8-9-33(42)46-21-23)29(26-12-15-45-34(43)18-26)17-24-6-5-7-27(48)16-24/h4,23-24,26-30,32-39,44-48,50H,5-22,42-43H2,1-3H3/p+2/t23?,24?,26?,27?,28?,29-,30?,32+,33?,34?,35?,36?,37?,38?,39?,41+/m1/s1. The first-order chi connectivity index (χ1) is 25.9. The predicted octanol–water partition coefficient (Wildman–Crippen LogP) is -0.202. The van der Waals surface area contributed by atoms with Crippen LogP contribution in [0, 0.1) is 41.4 Å². The van der Waals surface area contributed by atoms with Crippen molar-refractivity contribution in [1.29, 1.82) is 0 Å². The van der Waals surface area contributed by atoms with Crippen LogP contribution in [0.15, 0.2) is 11.6 Å². The van der Waals surface area contributed by atoms with Gasteiger partial charge in [0, 0.05) is 42.6 Å². The van der Waals surface area contributed by atoms with Crippen molar-refractivity contribution in [2.24, 2.45) is 52.9 Å². The van der Waals surface area contributed by atoms with Crippen LogP contribution < -0.4 is 27.4 Å². The molecule has 0 bridgehead atoms. The van der Waals surface area contributed by atoms with E-state index >= 15 is 0 Å². The van der Waals surface area contributed by atoms with Crippen molar-refractivity contribution < 1.29 is 49.8 Å². The van der Waals surface area contributed by atoms with Gasteiger partial charge in [-0.2, -0.15) is 0 Å². The van der Waals surface area contributed by atoms with Crippen LogP contribution in [0.5, 0.6) is 0 Å². The SMILES string of the molecule is CC=C(CC[NH2+]C)C(=O)O[C@H]1CC2C(O)C3C(=O)CC(CO)OC3C([C@H](CC3CCCC(O)C3)C3CCNC(N)C3)C2O[C@@]1(C)CCC1CCC(N)[NH2+]C1. The number of aliphatic hydroxyl groups is 3. The minimum absolute atomic E-state index is 0.0453. The molecule has 4 aliphatic heterocycles. The summed E-state index contributed by atoms with van der Waals surface area (Å²) in [5, 5.41) is 41.1. The number of allylic oxidation sites excluding steroid dienone is 1. The molecule has 0 radical (unpaired) electrons. The van der Waals surface area contributed by atoms with E-state index in [-0.39, 0.29) is 61.0 Å². The maximum absolute atomic E-state index is 14.1. The summed E-state index contributed by atoms with van der Waals surface area (Å²) in [5.74, 6) is -0.920. The van der Waals surface area contributed by atoms with Crippen LogP contribution in [-0.4, -0.2) is 115 Å². The molecule has 2 aliphatic carbocycles. The topological polar surface area (TPSA) is 220 Å². The number of nitrogens with two attached hydrogens (primary N) is 4. The summed E-state index contributed by atoms with van der Waals surface area (Å²) in [6.07, 6.45) is 8.70. The first-order valence-electron chi connectivity index (χ1n) is 21.5. The normalized spacial score (nSPS) is 43.9. The number of nitrogens with one attached hydrogen (secondary N) is 1. The lowest BCUT2D eigenvalue weighted by Crippen LogP contribution is -2.95. The summed E-state index contributed by atoms with van der Waals surface area (Å²) in [6, 6.07) is 0. The number of carbonyl (C=O) groups excluding carboxylic acids is 2. The summed E-state index contributed by atoms with van der Waals surface area (Å²) < 4.78 is 20.7. The molecule has 2 saturated carbocycles. The smallest absolute Gasteiger partial charge is 0.334 e. The van der Waals surface area contributed by atoms with Crippen LogP contribution in [0.1, 0.15) is 104 Å². The molecule has 4 saturated heterocycles. The lowest BCUT2D eigenvalue weighted by atomic mass is 9.56. The minimum atomic E-state index is -1.05. The van der Waals surface area contributed by atoms with Crippen LogP contribution in [0.2, 0.25) is 0 Å². The molecule has 6 fully saturated rings. The molecule has 0 spiro atoms. The zero-order valence-electron chi connectivity index (χ0n) is 33.2. The third-order valence-corrected chi connectivity index (χ3v) is 14.5. The lowest BCUT2D eigenvalue weighted by molar-refractivity contribution is -0.703. The number of aliphatic hydroxyl groups excluding tert-OH is 3. The van der Waals surface area contributed by atoms with Crippen LogP contribution >= 0.6 is 0 Å². The number of Topliss-reactive ketones (excluding diaryl/α,β-unsaturated/α-hetero) is 1. The number of ketones is 1. The summed E-state index contributed by atoms with van der Waals surface area (Å²) >= 11 is 0. The van der Waals surface area contributed by atoms with Crippen LogP contribution in [0.4, 0.5) is 0 Å². The van der Waals surface area contributed by atoms with E-state index in [4.69, 9.17) is 25.7 Å². The van der Waals surface area contributed by atoms with Crippen molar-refractivity contribution in [3.05, 3.63) is 11.6 Å². The molecular weight excluding hydrogens is 690 g/mol. The van der Waals surface area contributed by atoms with Gasteiger partial charge in [0.15, 0.2) is 0 Å². The van der Waals surface area contributed by atoms with Gasteiger partial charge in [-0.1, -0.05) is 18.9 Å². The van der Waals surface area contributed by atoms with Gasteiger partial charge in [-0.05, 0) is 95.9 Å². The van der Waals surface area contributed by atoms with Crippen molar-refractivity contribution in [3.8, 4) is 0 Å². The van der Waals surface area contributed by atoms with Gasteiger partial charge in [0.05, 0.1) is 69.3 Å². The Morgan fingerprint density at radius 2 is 1.94 bits per heavy atom. The molecular formula is C41H73N5O8+2. The van der Waals surface area contributed by atoms with E-state index in [1.165, 1.54) is 0 Å². The highest BCUT2D eigenvalue weighted by molar-refractivity contribution is 5.88. The first kappa shape index (κ1) is 42.1. The van der Waals surface area contributed by atoms with Gasteiger partial charge in [0.2, 0.25) is 0 Å². The third-order valence-electron chi connectivity index (χ3n) is 14.5. The lowest BCUT2D eigenvalue weighted by Gasteiger charge is -2.60. The second kappa shape index (κ2) is 18.8. The molecule has 6 rings (SSSR count). The van der Waals surface area contributed by atoms with Gasteiger partial charge in [-0.15, -0.1) is 0 Å². The third kappa shape index (κ3) is 9.60. The Kier molecular flexibility index (Phi) is 14.7. The number of carbonyl (C=O) groups is 2. The Bertz CT molecular complexity index is 1280. The fourth-order valence-corrected chi connectivity index (χ4v) is 11.4. The molecule has 13 unspecified atom stereocenters. The van der Waals surface area contributed by atoms with Crippen molar-refractivity contribution in [2.45, 2.75) is 158 Å². The number of fused-ring (bicyclic) bond motifs is 2. The van der Waals surface area contributed by atoms with Crippen LogP contribution in [0.3, 0.4) is 0 Å². The first-order valence-corrected chi connectivity index (χ1v) is 21.5. The molecule has 13 nitrogen and oxygen atoms in total. The second-order valence-corrected chi connectivity index (χ2v) is 18.2. The molecule has 16 atom stereocenters. The van der Waals surface area contributed by atoms with E-state index in [1.807, 2.05) is 25.4 Å². The number of quaternary nitrogens is 2. The predicted molar refractivity (Wildman–Crippen MR) is 202 cm³/mol. The maximum Gasteiger partial charge on any atom is 0.334 e. The van der Waals surface area contributed by atoms with E-state index in [1.54, 1.807) is 0 Å². The van der Waals surface area contributed by atoms with Gasteiger partial charge in [0.1, 0.15) is 23.7 Å². The number of esters is 1. The second-order valence-electron chi connectivity index (χ2n) is 18.2. The zero-order chi connectivity index (χ0) is 38.6. The Labute approximate surface area is 322 Å². The van der Waals surface area contributed by atoms with Gasteiger partial charge < -0.3 is 51.2 Å². The summed E-state index contributed by atoms with van der Waals surface area (Å²) in [7, 11) is 1.98. The Morgan fingerprint density at radius 3 is 2.63 bits per heavy atom. The van der Waals surface area contributed by atoms with E-state index in [0.717, 1.165) is 83.8 Å². The number of hydrogen-bond donors (Lipinski definition) is 8. The molecule has 54 heavy (non-hydrogen) atoms. The van der Waals surface area contributed by atoms with E-state index in [9.17, 15) is 24.9 Å². The summed E-state index contributed by atoms with van der Waals surface area (Å²) in [4.78, 5) is 27.9. The van der Waals surface area contributed by atoms with Crippen LogP contribution in [0.25, 0.3) is 0 Å². The average molecular weight is 764 g/mol. The Balaban J connectivity index is 1.39. The van der Waals surface area contributed by atoms with E-state index < -0.39 is 48.0 Å². The van der Waals surface area contributed by atoms with Gasteiger partial charge in [-0.25, -0.2) is 4.79 Å². The number of hydrogen-bond acceptors (Lipinski definition) is 11. The maximum atomic E-state index is 14.1. The Hall–Kier alpha value is -1.52. The van der Waals surface area contributed by atoms with Crippen molar-refractivity contribution in [1.82, 2.24) is 5.32 Å². The molecule has 13 heteroatoms. The van der Waals surface area contributed by atoms with Crippen molar-refractivity contribution >= 4 is 11.8 Å². The quantitative estimate of drug-likeness (QED) is 0.0907. The largest absolute Gasteiger partial charge is 0.456 e. The van der Waals surface area contributed by atoms with Crippen molar-refractivity contribution in [2.75, 3.05) is 33.3 Å². The monoisotopic (exact) mass is 764 g/mol. The summed E-state index contributed by atoms with van der Waals surface area (Å²) in [5.41, 5.74) is 12.6. The van der Waals surface area contributed by atoms with Gasteiger partial charge >= 0.3 is 5.97 Å². The van der Waals surface area contributed by atoms with E-state index in [0.29, 0.717) is 36.7 Å². The molecule has 0 aromatic carbocycles. The molecule has 12 N–H and O–H groups in total. The van der Waals surface area contributed by atoms with Gasteiger partial charge in [-0.3, -0.25) is 10.5 Å². The minimum Gasteiger partial charge on any atom is -0.456 e. The number of ether oxygens (including phenoxy) is 3. The molecule has 0 aromatic rings. The van der Waals surface area contributed by atoms with Gasteiger partial charge in [0.25, 0.3) is 0 Å². The van der Waals surface area contributed by atoms with E-state index in [2.05, 4.69) is 17.6 Å². The molecule has 6 aliphatic rings. The summed E-state index contributed by atoms with van der Waals surface area (Å²) in [6.45, 7) is 6.17. The highest BCUT2D eigenvalue weighted by atomic mass is 16.6. The van der Waals surface area contributed by atoms with Crippen molar-refractivity contribution in [3.63, 3.8) is 0 Å². The molecule has 0 amide bonds. The fraction of sp³-hybridized carbons (Fsp3) is 0.902. The molecule has 4 heterocycles. The number of piperidine rings is 2. The van der Waals surface area contributed by atoms with Crippen LogP contribution in [-0.2, 0) is 23.8 Å². The zero-order valence-corrected chi connectivity index (χ0v) is 33.2.